The van der Waals surface area contributed by atoms with Crippen LogP contribution in [0.25, 0.3) is 0 Å². The fraction of sp³-hybridized carbons (Fsp3) is 0. The molecule has 0 saturated heterocycles. The molecular weight excluding hydrogens is 260 g/mol. The van der Waals surface area contributed by atoms with Crippen LogP contribution in [0.4, 0.5) is 5.69 Å². The van der Waals surface area contributed by atoms with Gasteiger partial charge in [-0.1, -0.05) is 42.5 Å². The second-order valence-corrected chi connectivity index (χ2v) is 3.58. The molecule has 0 unspecified atom stereocenters. The summed E-state index contributed by atoms with van der Waals surface area (Å²) < 4.78 is 0. The van der Waals surface area contributed by atoms with Crippen LogP contribution >= 0.6 is 0 Å². The molecule has 0 heterocycles. The number of rotatable bonds is 3. The first kappa shape index (κ1) is 14.9. The Morgan fingerprint density at radius 2 is 1.50 bits per heavy atom. The zero-order chi connectivity index (χ0) is 15.0. The first-order chi connectivity index (χ1) is 9.61. The standard InChI is InChI=1S/C13H9NO3.H2N3/c15-13(10-6-2-1-3-7-10)11-8-4-5-9-12(11)14(16)17;1-3-2/h1-9H;1-2H/q;+1. The summed E-state index contributed by atoms with van der Waals surface area (Å²) in [4.78, 5) is 24.3. The molecule has 0 aliphatic rings. The van der Waals surface area contributed by atoms with Crippen LogP contribution in [0.15, 0.2) is 54.6 Å². The van der Waals surface area contributed by atoms with Crippen molar-refractivity contribution in [2.75, 3.05) is 0 Å². The fourth-order valence-electron chi connectivity index (χ4n) is 1.57. The third-order valence-electron chi connectivity index (χ3n) is 2.38. The van der Waals surface area contributed by atoms with Gasteiger partial charge in [-0.15, -0.1) is 0 Å². The Balaban J connectivity index is 0.000000612. The summed E-state index contributed by atoms with van der Waals surface area (Å²) in [6.07, 6.45) is 0. The van der Waals surface area contributed by atoms with Crippen molar-refractivity contribution in [1.82, 2.24) is 4.91 Å². The summed E-state index contributed by atoms with van der Waals surface area (Å²) in [5, 5.41) is 10.8. The lowest BCUT2D eigenvalue weighted by atomic mass is 10.0. The molecule has 100 valence electrons. The Morgan fingerprint density at radius 1 is 1.00 bits per heavy atom. The van der Waals surface area contributed by atoms with Crippen molar-refractivity contribution in [1.29, 1.82) is 11.1 Å². The Hall–Kier alpha value is -3.18. The molecule has 0 atom stereocenters. The molecule has 20 heavy (non-hydrogen) atoms. The Bertz CT molecular complexity index is 650. The molecule has 0 bridgehead atoms. The van der Waals surface area contributed by atoms with E-state index >= 15 is 0 Å². The highest BCUT2D eigenvalue weighted by atomic mass is 16.6. The van der Waals surface area contributed by atoms with Gasteiger partial charge in [-0.3, -0.25) is 14.9 Å². The van der Waals surface area contributed by atoms with Gasteiger partial charge in [0.1, 0.15) is 16.6 Å². The van der Waals surface area contributed by atoms with E-state index in [1.807, 2.05) is 4.91 Å². The number of carbonyl (C=O) groups is 1. The van der Waals surface area contributed by atoms with Gasteiger partial charge >= 0.3 is 0 Å². The SMILES string of the molecule is N=[N+]=N.O=C(c1ccccc1)c1ccccc1[N+](=O)[O-]. The van der Waals surface area contributed by atoms with Crippen molar-refractivity contribution in [3.05, 3.63) is 75.8 Å². The average Bonchev–Trinajstić information content (AvgIpc) is 2.48. The lowest BCUT2D eigenvalue weighted by Gasteiger charge is -2.01. The van der Waals surface area contributed by atoms with Crippen molar-refractivity contribution in [2.45, 2.75) is 0 Å². The van der Waals surface area contributed by atoms with Crippen LogP contribution in [-0.2, 0) is 0 Å². The average molecular weight is 271 g/mol. The third-order valence-corrected chi connectivity index (χ3v) is 2.38. The number of hydrogen-bond donors (Lipinski definition) is 2. The Labute approximate surface area is 114 Å². The molecule has 2 N–H and O–H groups in total. The second kappa shape index (κ2) is 7.30. The Morgan fingerprint density at radius 3 is 2.05 bits per heavy atom. The molecule has 7 heteroatoms. The van der Waals surface area contributed by atoms with Crippen LogP contribution in [0.5, 0.6) is 0 Å². The minimum atomic E-state index is -0.545. The number of nitrogens with zero attached hydrogens (tertiary/aromatic N) is 2. The van der Waals surface area contributed by atoms with E-state index in [0.717, 1.165) is 0 Å². The van der Waals surface area contributed by atoms with Gasteiger partial charge in [0.2, 0.25) is 4.91 Å². The molecule has 0 aromatic heterocycles. The molecule has 7 nitrogen and oxygen atoms in total. The molecule has 0 saturated carbocycles. The molecule has 2 aromatic carbocycles. The summed E-state index contributed by atoms with van der Waals surface area (Å²) >= 11 is 0. The Kier molecular flexibility index (Phi) is 5.43. The molecule has 0 aliphatic heterocycles. The van der Waals surface area contributed by atoms with Crippen LogP contribution in [-0.4, -0.2) is 10.7 Å². The van der Waals surface area contributed by atoms with Gasteiger partial charge in [-0.05, 0) is 6.07 Å². The monoisotopic (exact) mass is 271 g/mol. The molecule has 2 rings (SSSR count). The minimum Gasteiger partial charge on any atom is -0.288 e. The number of ketones is 1. The minimum absolute atomic E-state index is 0.115. The van der Waals surface area contributed by atoms with E-state index in [1.165, 1.54) is 12.1 Å². The van der Waals surface area contributed by atoms with Gasteiger partial charge in [0.05, 0.1) is 4.92 Å². The first-order valence-electron chi connectivity index (χ1n) is 5.48. The predicted molar refractivity (Wildman–Crippen MR) is 70.5 cm³/mol. The van der Waals surface area contributed by atoms with Crippen LogP contribution in [0, 0.1) is 21.2 Å². The number of nitro groups is 1. The van der Waals surface area contributed by atoms with Crippen LogP contribution < -0.4 is 4.91 Å². The van der Waals surface area contributed by atoms with Crippen molar-refractivity contribution < 1.29 is 9.72 Å². The molecule has 2 aromatic rings. The summed E-state index contributed by atoms with van der Waals surface area (Å²) in [5.74, 6) is -0.335. The number of para-hydroxylation sites is 1. The normalized spacial score (nSPS) is 8.80. The topological polar surface area (TPSA) is 122 Å². The van der Waals surface area contributed by atoms with Crippen molar-refractivity contribution in [2.24, 2.45) is 0 Å². The zero-order valence-electron chi connectivity index (χ0n) is 10.3. The first-order valence-corrected chi connectivity index (χ1v) is 5.48. The van der Waals surface area contributed by atoms with Gasteiger partial charge in [0.25, 0.3) is 5.69 Å². The number of nitro benzene ring substituents is 1. The van der Waals surface area contributed by atoms with E-state index in [1.54, 1.807) is 42.5 Å². The van der Waals surface area contributed by atoms with E-state index in [-0.39, 0.29) is 17.0 Å². The van der Waals surface area contributed by atoms with Gasteiger partial charge in [0, 0.05) is 11.6 Å². The highest BCUT2D eigenvalue weighted by molar-refractivity contribution is 6.11. The van der Waals surface area contributed by atoms with E-state index in [9.17, 15) is 14.9 Å². The van der Waals surface area contributed by atoms with Crippen LogP contribution in [0.1, 0.15) is 15.9 Å². The molecule has 0 spiro atoms. The van der Waals surface area contributed by atoms with Gasteiger partial charge in [-0.25, -0.2) is 0 Å². The van der Waals surface area contributed by atoms with E-state index in [2.05, 4.69) is 0 Å². The molecule has 0 radical (unpaired) electrons. The van der Waals surface area contributed by atoms with Crippen molar-refractivity contribution in [3.63, 3.8) is 0 Å². The van der Waals surface area contributed by atoms with Crippen LogP contribution in [0.2, 0.25) is 0 Å². The summed E-state index contributed by atoms with van der Waals surface area (Å²) in [5.41, 5.74) is 11.4. The number of nitrogens with one attached hydrogen (secondary N) is 2. The van der Waals surface area contributed by atoms with Gasteiger partial charge in [-0.2, -0.15) is 0 Å². The predicted octanol–water partition coefficient (Wildman–Crippen LogP) is 2.94. The smallest absolute Gasteiger partial charge is 0.280 e. The zero-order valence-corrected chi connectivity index (χ0v) is 10.3. The summed E-state index contributed by atoms with van der Waals surface area (Å²) in [7, 11) is 0. The lowest BCUT2D eigenvalue weighted by Crippen LogP contribution is -2.04. The fourth-order valence-corrected chi connectivity index (χ4v) is 1.57. The molecule has 0 aliphatic carbocycles. The molecular formula is C13H11N4O3+. The van der Waals surface area contributed by atoms with Gasteiger partial charge < -0.3 is 0 Å². The maximum Gasteiger partial charge on any atom is 0.280 e. The summed E-state index contributed by atoms with van der Waals surface area (Å²) in [6, 6.07) is 14.5. The third kappa shape index (κ3) is 3.66. The highest BCUT2D eigenvalue weighted by Gasteiger charge is 2.19. The number of benzene rings is 2. The highest BCUT2D eigenvalue weighted by Crippen LogP contribution is 2.20. The number of carbonyl (C=O) groups excluding carboxylic acids is 1. The largest absolute Gasteiger partial charge is 0.288 e. The number of hydrogen-bond acceptors (Lipinski definition) is 5. The quantitative estimate of drug-likeness (QED) is 0.293. The maximum atomic E-state index is 12.1. The second-order valence-electron chi connectivity index (χ2n) is 3.58. The van der Waals surface area contributed by atoms with Crippen molar-refractivity contribution >= 4 is 11.5 Å². The van der Waals surface area contributed by atoms with Crippen LogP contribution in [0.3, 0.4) is 0 Å². The molecule has 0 amide bonds. The molecule has 0 fully saturated rings. The maximum absolute atomic E-state index is 12.1. The van der Waals surface area contributed by atoms with E-state index in [0.29, 0.717) is 5.56 Å². The summed E-state index contributed by atoms with van der Waals surface area (Å²) in [6.45, 7) is 0. The van der Waals surface area contributed by atoms with Crippen molar-refractivity contribution in [3.8, 4) is 0 Å². The van der Waals surface area contributed by atoms with Gasteiger partial charge in [0.15, 0.2) is 5.78 Å². The van der Waals surface area contributed by atoms with E-state index in [4.69, 9.17) is 11.1 Å². The van der Waals surface area contributed by atoms with E-state index < -0.39 is 4.92 Å². The lowest BCUT2D eigenvalue weighted by molar-refractivity contribution is -0.385.